The van der Waals surface area contributed by atoms with Gasteiger partial charge in [0.25, 0.3) is 0 Å². The van der Waals surface area contributed by atoms with Gasteiger partial charge in [0.15, 0.2) is 0 Å². The predicted octanol–water partition coefficient (Wildman–Crippen LogP) is 1.43. The highest BCUT2D eigenvalue weighted by Crippen LogP contribution is 2.17. The molecule has 2 N–H and O–H groups in total. The molecule has 0 aliphatic rings. The van der Waals surface area contributed by atoms with Crippen LogP contribution in [0.4, 0.5) is 0 Å². The first-order chi connectivity index (χ1) is 7.51. The summed E-state index contributed by atoms with van der Waals surface area (Å²) in [5.74, 6) is 0.111. The molecule has 16 heavy (non-hydrogen) atoms. The van der Waals surface area contributed by atoms with Crippen molar-refractivity contribution in [2.75, 3.05) is 6.61 Å². The van der Waals surface area contributed by atoms with Crippen LogP contribution in [0.1, 0.15) is 20.3 Å². The number of nitrogens with one attached hydrogen (secondary N) is 1. The van der Waals surface area contributed by atoms with Gasteiger partial charge >= 0.3 is 0 Å². The van der Waals surface area contributed by atoms with E-state index in [0.29, 0.717) is 0 Å². The smallest absolute Gasteiger partial charge is 0.250 e. The number of thiophene rings is 1. The molecule has 0 aliphatic heterocycles. The summed E-state index contributed by atoms with van der Waals surface area (Å²) in [6, 6.07) is 2.83. The number of sulfonamides is 1. The molecule has 0 fully saturated rings. The van der Waals surface area contributed by atoms with E-state index in [9.17, 15) is 8.42 Å². The number of aliphatic hydroxyl groups excluding tert-OH is 1. The third kappa shape index (κ3) is 3.28. The maximum Gasteiger partial charge on any atom is 0.250 e. The van der Waals surface area contributed by atoms with Gasteiger partial charge in [-0.25, -0.2) is 13.1 Å². The van der Waals surface area contributed by atoms with E-state index in [1.54, 1.807) is 17.5 Å². The van der Waals surface area contributed by atoms with Gasteiger partial charge in [-0.15, -0.1) is 11.3 Å². The van der Waals surface area contributed by atoms with Crippen LogP contribution in [0, 0.1) is 5.92 Å². The molecule has 92 valence electrons. The van der Waals surface area contributed by atoms with Crippen LogP contribution in [0.25, 0.3) is 0 Å². The molecule has 0 radical (unpaired) electrons. The first kappa shape index (κ1) is 13.6. The average Bonchev–Trinajstić information content (AvgIpc) is 2.78. The first-order valence-corrected chi connectivity index (χ1v) is 7.54. The van der Waals surface area contributed by atoms with E-state index in [2.05, 4.69) is 4.72 Å². The minimum absolute atomic E-state index is 0.111. The topological polar surface area (TPSA) is 66.4 Å². The Morgan fingerprint density at radius 3 is 2.69 bits per heavy atom. The number of aliphatic hydroxyl groups is 1. The number of hydrogen-bond acceptors (Lipinski definition) is 4. The normalized spacial score (nSPS) is 15.9. The molecule has 4 nitrogen and oxygen atoms in total. The molecular formula is C10H17NO3S2. The zero-order valence-electron chi connectivity index (χ0n) is 9.38. The van der Waals surface area contributed by atoms with Crippen molar-refractivity contribution in [2.24, 2.45) is 5.92 Å². The second kappa shape index (κ2) is 5.77. The van der Waals surface area contributed by atoms with E-state index in [1.807, 2.05) is 13.8 Å². The molecule has 0 saturated carbocycles. The van der Waals surface area contributed by atoms with Crippen LogP contribution < -0.4 is 4.72 Å². The Morgan fingerprint density at radius 2 is 2.25 bits per heavy atom. The molecule has 0 aromatic carbocycles. The van der Waals surface area contributed by atoms with E-state index in [1.165, 1.54) is 11.3 Å². The molecule has 0 unspecified atom stereocenters. The van der Waals surface area contributed by atoms with Gasteiger partial charge in [-0.1, -0.05) is 26.3 Å². The van der Waals surface area contributed by atoms with E-state index in [0.717, 1.165) is 6.42 Å². The van der Waals surface area contributed by atoms with Gasteiger partial charge in [-0.05, 0) is 17.4 Å². The second-order valence-corrected chi connectivity index (χ2v) is 6.62. The largest absolute Gasteiger partial charge is 0.395 e. The van der Waals surface area contributed by atoms with Gasteiger partial charge in [0.05, 0.1) is 6.61 Å². The summed E-state index contributed by atoms with van der Waals surface area (Å²) in [5, 5.41) is 10.9. The predicted molar refractivity (Wildman–Crippen MR) is 65.0 cm³/mol. The van der Waals surface area contributed by atoms with E-state index >= 15 is 0 Å². The van der Waals surface area contributed by atoms with Gasteiger partial charge in [0.1, 0.15) is 4.21 Å². The van der Waals surface area contributed by atoms with Crippen LogP contribution >= 0.6 is 11.3 Å². The van der Waals surface area contributed by atoms with Crippen molar-refractivity contribution in [3.8, 4) is 0 Å². The van der Waals surface area contributed by atoms with Gasteiger partial charge < -0.3 is 5.11 Å². The Balaban J connectivity index is 2.79. The maximum absolute atomic E-state index is 11.9. The zero-order chi connectivity index (χ0) is 12.2. The quantitative estimate of drug-likeness (QED) is 0.816. The van der Waals surface area contributed by atoms with Crippen LogP contribution in [0.5, 0.6) is 0 Å². The van der Waals surface area contributed by atoms with Crippen molar-refractivity contribution in [3.63, 3.8) is 0 Å². The fourth-order valence-electron chi connectivity index (χ4n) is 1.29. The second-order valence-electron chi connectivity index (χ2n) is 3.73. The molecular weight excluding hydrogens is 246 g/mol. The van der Waals surface area contributed by atoms with Crippen LogP contribution in [-0.2, 0) is 10.0 Å². The monoisotopic (exact) mass is 263 g/mol. The molecule has 0 saturated heterocycles. The van der Waals surface area contributed by atoms with Crippen molar-refractivity contribution < 1.29 is 13.5 Å². The van der Waals surface area contributed by atoms with Crippen LogP contribution in [0.3, 0.4) is 0 Å². The minimum atomic E-state index is -3.47. The van der Waals surface area contributed by atoms with Crippen LogP contribution in [0.2, 0.25) is 0 Å². The van der Waals surface area contributed by atoms with E-state index in [-0.39, 0.29) is 16.7 Å². The Kier molecular flexibility index (Phi) is 4.91. The molecule has 1 heterocycles. The fraction of sp³-hybridized carbons (Fsp3) is 0.600. The third-order valence-electron chi connectivity index (χ3n) is 2.59. The molecule has 0 amide bonds. The maximum atomic E-state index is 11.9. The summed E-state index contributed by atoms with van der Waals surface area (Å²) in [7, 11) is -3.47. The molecule has 0 aliphatic carbocycles. The van der Waals surface area contributed by atoms with E-state index < -0.39 is 16.1 Å². The summed E-state index contributed by atoms with van der Waals surface area (Å²) in [6.07, 6.45) is 0.818. The summed E-state index contributed by atoms with van der Waals surface area (Å²) in [4.78, 5) is 0. The number of rotatable bonds is 6. The fourth-order valence-corrected chi connectivity index (χ4v) is 3.64. The lowest BCUT2D eigenvalue weighted by atomic mass is 10.0. The highest BCUT2D eigenvalue weighted by atomic mass is 32.2. The minimum Gasteiger partial charge on any atom is -0.395 e. The summed E-state index contributed by atoms with van der Waals surface area (Å²) in [5.41, 5.74) is 0. The summed E-state index contributed by atoms with van der Waals surface area (Å²) < 4.78 is 26.6. The highest BCUT2D eigenvalue weighted by molar-refractivity contribution is 7.91. The van der Waals surface area contributed by atoms with Gasteiger partial charge in [0.2, 0.25) is 10.0 Å². The first-order valence-electron chi connectivity index (χ1n) is 5.18. The van der Waals surface area contributed by atoms with E-state index in [4.69, 9.17) is 5.11 Å². The highest BCUT2D eigenvalue weighted by Gasteiger charge is 2.23. The molecule has 6 heteroatoms. The Morgan fingerprint density at radius 1 is 1.56 bits per heavy atom. The molecule has 2 atom stereocenters. The molecule has 0 bridgehead atoms. The van der Waals surface area contributed by atoms with Gasteiger partial charge in [-0.2, -0.15) is 0 Å². The molecule has 1 aromatic heterocycles. The molecule has 1 rings (SSSR count). The third-order valence-corrected chi connectivity index (χ3v) is 5.48. The Hall–Kier alpha value is -0.430. The Labute approximate surface area is 100 Å². The zero-order valence-corrected chi connectivity index (χ0v) is 11.0. The van der Waals surface area contributed by atoms with Crippen molar-refractivity contribution in [1.82, 2.24) is 4.72 Å². The Bertz CT molecular complexity index is 400. The van der Waals surface area contributed by atoms with Crippen LogP contribution in [0.15, 0.2) is 21.7 Å². The lowest BCUT2D eigenvalue weighted by Crippen LogP contribution is -2.41. The summed E-state index contributed by atoms with van der Waals surface area (Å²) in [6.45, 7) is 3.70. The lowest BCUT2D eigenvalue weighted by Gasteiger charge is -2.21. The van der Waals surface area contributed by atoms with Crippen molar-refractivity contribution in [1.29, 1.82) is 0 Å². The van der Waals surface area contributed by atoms with Crippen LogP contribution in [-0.4, -0.2) is 26.2 Å². The summed E-state index contributed by atoms with van der Waals surface area (Å²) >= 11 is 1.17. The SMILES string of the molecule is CC[C@H](C)[C@@H](CO)NS(=O)(=O)c1cccs1. The van der Waals surface area contributed by atoms with Crippen molar-refractivity contribution in [3.05, 3.63) is 17.5 Å². The number of hydrogen-bond donors (Lipinski definition) is 2. The lowest BCUT2D eigenvalue weighted by molar-refractivity contribution is 0.219. The standard InChI is InChI=1S/C10H17NO3S2/c1-3-8(2)9(7-12)11-16(13,14)10-5-4-6-15-10/h4-6,8-9,11-12H,3,7H2,1-2H3/t8-,9+/m0/s1. The average molecular weight is 263 g/mol. The van der Waals surface area contributed by atoms with Crippen molar-refractivity contribution >= 4 is 21.4 Å². The van der Waals surface area contributed by atoms with Crippen molar-refractivity contribution in [2.45, 2.75) is 30.5 Å². The molecule has 0 spiro atoms. The van der Waals surface area contributed by atoms with Gasteiger partial charge in [-0.3, -0.25) is 0 Å². The molecule has 1 aromatic rings. The van der Waals surface area contributed by atoms with Gasteiger partial charge in [0, 0.05) is 6.04 Å².